The van der Waals surface area contributed by atoms with Crippen molar-refractivity contribution in [1.82, 2.24) is 4.98 Å². The molecule has 0 N–H and O–H groups in total. The monoisotopic (exact) mass is 267 g/mol. The molecule has 0 bridgehead atoms. The number of carbonyl (C=O) groups excluding carboxylic acids is 2. The van der Waals surface area contributed by atoms with Crippen molar-refractivity contribution in [3.8, 4) is 0 Å². The molecule has 1 aromatic rings. The molecule has 1 heterocycles. The van der Waals surface area contributed by atoms with Crippen molar-refractivity contribution < 1.29 is 23.8 Å². The van der Waals surface area contributed by atoms with Gasteiger partial charge in [-0.05, 0) is 26.0 Å². The molecule has 19 heavy (non-hydrogen) atoms. The first-order valence-electron chi connectivity index (χ1n) is 5.93. The molecule has 1 aromatic heterocycles. The van der Waals surface area contributed by atoms with E-state index in [1.807, 2.05) is 0 Å². The standard InChI is InChI=1S/C13H17NO5/c1-4-18-11(15)13(17-3,12(16)19-5-2)10-6-8-14-9-7-10/h6-9H,4-5H2,1-3H3. The number of ether oxygens (including phenoxy) is 3. The molecule has 0 aromatic carbocycles. The fourth-order valence-electron chi connectivity index (χ4n) is 1.66. The third-order valence-corrected chi connectivity index (χ3v) is 2.52. The first-order valence-corrected chi connectivity index (χ1v) is 5.93. The Balaban J connectivity index is 3.29. The molecule has 1 rings (SSSR count). The van der Waals surface area contributed by atoms with Crippen LogP contribution in [0, 0.1) is 0 Å². The summed E-state index contributed by atoms with van der Waals surface area (Å²) in [7, 11) is 1.26. The number of methoxy groups -OCH3 is 1. The summed E-state index contributed by atoms with van der Waals surface area (Å²) in [5, 5.41) is 0. The Morgan fingerprint density at radius 2 is 1.58 bits per heavy atom. The normalized spacial score (nSPS) is 10.9. The Morgan fingerprint density at radius 3 is 1.95 bits per heavy atom. The summed E-state index contributed by atoms with van der Waals surface area (Å²) >= 11 is 0. The molecule has 0 radical (unpaired) electrons. The molecular weight excluding hydrogens is 250 g/mol. The number of hydrogen-bond acceptors (Lipinski definition) is 6. The molecule has 0 aliphatic carbocycles. The number of rotatable bonds is 6. The average Bonchev–Trinajstić information content (AvgIpc) is 2.42. The predicted molar refractivity (Wildman–Crippen MR) is 66.2 cm³/mol. The van der Waals surface area contributed by atoms with E-state index in [4.69, 9.17) is 14.2 Å². The minimum atomic E-state index is -1.91. The van der Waals surface area contributed by atoms with E-state index in [0.29, 0.717) is 5.56 Å². The van der Waals surface area contributed by atoms with Gasteiger partial charge < -0.3 is 14.2 Å². The maximum atomic E-state index is 12.1. The Bertz CT molecular complexity index is 414. The van der Waals surface area contributed by atoms with E-state index in [-0.39, 0.29) is 13.2 Å². The largest absolute Gasteiger partial charge is 0.463 e. The van der Waals surface area contributed by atoms with Crippen molar-refractivity contribution in [2.24, 2.45) is 0 Å². The lowest BCUT2D eigenvalue weighted by Crippen LogP contribution is -2.47. The third-order valence-electron chi connectivity index (χ3n) is 2.52. The summed E-state index contributed by atoms with van der Waals surface area (Å²) < 4.78 is 15.0. The minimum Gasteiger partial charge on any atom is -0.463 e. The van der Waals surface area contributed by atoms with Crippen LogP contribution >= 0.6 is 0 Å². The molecule has 0 aliphatic rings. The van der Waals surface area contributed by atoms with Gasteiger partial charge >= 0.3 is 11.9 Å². The zero-order valence-electron chi connectivity index (χ0n) is 11.2. The molecule has 0 saturated carbocycles. The number of esters is 2. The van der Waals surface area contributed by atoms with Crippen molar-refractivity contribution in [2.45, 2.75) is 19.4 Å². The van der Waals surface area contributed by atoms with Crippen LogP contribution < -0.4 is 0 Å². The van der Waals surface area contributed by atoms with Gasteiger partial charge in [0.05, 0.1) is 13.2 Å². The van der Waals surface area contributed by atoms with Gasteiger partial charge in [-0.1, -0.05) is 0 Å². The summed E-state index contributed by atoms with van der Waals surface area (Å²) in [6.07, 6.45) is 2.92. The van der Waals surface area contributed by atoms with Gasteiger partial charge in [-0.25, -0.2) is 9.59 Å². The first kappa shape index (κ1) is 15.1. The number of nitrogens with zero attached hydrogens (tertiary/aromatic N) is 1. The van der Waals surface area contributed by atoms with Gasteiger partial charge in [0.15, 0.2) is 0 Å². The summed E-state index contributed by atoms with van der Waals surface area (Å²) in [4.78, 5) is 28.1. The zero-order valence-corrected chi connectivity index (χ0v) is 11.2. The Labute approximate surface area is 111 Å². The molecule has 0 spiro atoms. The average molecular weight is 267 g/mol. The number of pyridine rings is 1. The van der Waals surface area contributed by atoms with E-state index in [1.54, 1.807) is 13.8 Å². The van der Waals surface area contributed by atoms with Gasteiger partial charge in [-0.15, -0.1) is 0 Å². The summed E-state index contributed by atoms with van der Waals surface area (Å²) in [5.41, 5.74) is -1.59. The minimum absolute atomic E-state index is 0.133. The van der Waals surface area contributed by atoms with Crippen molar-refractivity contribution in [3.05, 3.63) is 30.1 Å². The Hall–Kier alpha value is -1.95. The maximum absolute atomic E-state index is 12.1. The quantitative estimate of drug-likeness (QED) is 0.566. The van der Waals surface area contributed by atoms with E-state index in [9.17, 15) is 9.59 Å². The molecule has 0 unspecified atom stereocenters. The van der Waals surface area contributed by atoms with E-state index in [0.717, 1.165) is 0 Å². The molecular formula is C13H17NO5. The predicted octanol–water partition coefficient (Wildman–Crippen LogP) is 1.05. The van der Waals surface area contributed by atoms with Gasteiger partial charge in [0.2, 0.25) is 0 Å². The molecule has 6 nitrogen and oxygen atoms in total. The van der Waals surface area contributed by atoms with Crippen LogP contribution in [0.1, 0.15) is 19.4 Å². The topological polar surface area (TPSA) is 74.7 Å². The first-order chi connectivity index (χ1) is 9.13. The fourth-order valence-corrected chi connectivity index (χ4v) is 1.66. The van der Waals surface area contributed by atoms with E-state index >= 15 is 0 Å². The highest BCUT2D eigenvalue weighted by Gasteiger charge is 2.51. The second-order valence-electron chi connectivity index (χ2n) is 3.56. The number of carbonyl (C=O) groups is 2. The summed E-state index contributed by atoms with van der Waals surface area (Å²) in [6.45, 7) is 3.56. The second-order valence-corrected chi connectivity index (χ2v) is 3.56. The Kier molecular flexibility index (Phi) is 5.44. The molecule has 6 heteroatoms. The lowest BCUT2D eigenvalue weighted by molar-refractivity contribution is -0.189. The Morgan fingerprint density at radius 1 is 1.11 bits per heavy atom. The lowest BCUT2D eigenvalue weighted by Gasteiger charge is -2.27. The molecule has 0 atom stereocenters. The lowest BCUT2D eigenvalue weighted by atomic mass is 9.94. The van der Waals surface area contributed by atoms with Crippen LogP contribution in [-0.2, 0) is 29.4 Å². The molecule has 104 valence electrons. The van der Waals surface area contributed by atoms with Crippen LogP contribution in [0.15, 0.2) is 24.5 Å². The van der Waals surface area contributed by atoms with E-state index in [2.05, 4.69) is 4.98 Å². The molecule has 0 fully saturated rings. The van der Waals surface area contributed by atoms with Crippen LogP contribution in [0.25, 0.3) is 0 Å². The second kappa shape index (κ2) is 6.84. The van der Waals surface area contributed by atoms with Crippen LogP contribution in [0.2, 0.25) is 0 Å². The summed E-state index contributed by atoms with van der Waals surface area (Å²) in [5.74, 6) is -1.61. The van der Waals surface area contributed by atoms with Crippen molar-refractivity contribution in [2.75, 3.05) is 20.3 Å². The van der Waals surface area contributed by atoms with Gasteiger partial charge in [-0.3, -0.25) is 4.98 Å². The third kappa shape index (κ3) is 2.90. The zero-order chi connectivity index (χ0) is 14.3. The molecule has 0 amide bonds. The smallest absolute Gasteiger partial charge is 0.355 e. The highest BCUT2D eigenvalue weighted by Crippen LogP contribution is 2.28. The van der Waals surface area contributed by atoms with Gasteiger partial charge in [-0.2, -0.15) is 0 Å². The van der Waals surface area contributed by atoms with Crippen LogP contribution in [0.4, 0.5) is 0 Å². The number of hydrogen-bond donors (Lipinski definition) is 0. The van der Waals surface area contributed by atoms with Crippen molar-refractivity contribution in [1.29, 1.82) is 0 Å². The van der Waals surface area contributed by atoms with Gasteiger partial charge in [0, 0.05) is 25.1 Å². The summed E-state index contributed by atoms with van der Waals surface area (Å²) in [6, 6.07) is 3.02. The fraction of sp³-hybridized carbons (Fsp3) is 0.462. The van der Waals surface area contributed by atoms with Gasteiger partial charge in [0.25, 0.3) is 5.60 Å². The van der Waals surface area contributed by atoms with E-state index in [1.165, 1.54) is 31.6 Å². The highest BCUT2D eigenvalue weighted by molar-refractivity contribution is 6.04. The van der Waals surface area contributed by atoms with Crippen LogP contribution in [-0.4, -0.2) is 37.2 Å². The molecule has 0 aliphatic heterocycles. The maximum Gasteiger partial charge on any atom is 0.355 e. The highest BCUT2D eigenvalue weighted by atomic mass is 16.6. The van der Waals surface area contributed by atoms with E-state index < -0.39 is 17.5 Å². The van der Waals surface area contributed by atoms with Crippen molar-refractivity contribution in [3.63, 3.8) is 0 Å². The SMILES string of the molecule is CCOC(=O)C(OC)(C(=O)OCC)c1ccncc1. The van der Waals surface area contributed by atoms with Crippen LogP contribution in [0.3, 0.4) is 0 Å². The number of aromatic nitrogens is 1. The van der Waals surface area contributed by atoms with Gasteiger partial charge in [0.1, 0.15) is 0 Å². The van der Waals surface area contributed by atoms with Crippen LogP contribution in [0.5, 0.6) is 0 Å². The van der Waals surface area contributed by atoms with Crippen molar-refractivity contribution >= 4 is 11.9 Å². The molecule has 0 saturated heterocycles.